The van der Waals surface area contributed by atoms with Crippen molar-refractivity contribution in [3.05, 3.63) is 46.9 Å². The Kier molecular flexibility index (Phi) is 7.19. The van der Waals surface area contributed by atoms with Crippen molar-refractivity contribution >= 4 is 38.7 Å². The van der Waals surface area contributed by atoms with Crippen molar-refractivity contribution in [3.8, 4) is 0 Å². The molecule has 1 heterocycles. The zero-order valence-corrected chi connectivity index (χ0v) is 15.3. The van der Waals surface area contributed by atoms with Crippen LogP contribution in [0.15, 0.2) is 45.6 Å². The highest BCUT2D eigenvalue weighted by Gasteiger charge is 2.32. The van der Waals surface area contributed by atoms with Crippen molar-refractivity contribution in [1.29, 1.82) is 0 Å². The first kappa shape index (κ1) is 20.0. The summed E-state index contributed by atoms with van der Waals surface area (Å²) in [5.74, 6) is -0.829. The molecule has 1 aliphatic carbocycles. The maximum absolute atomic E-state index is 12.3. The van der Waals surface area contributed by atoms with Gasteiger partial charge in [-0.05, 0) is 24.3 Å². The van der Waals surface area contributed by atoms with E-state index in [0.29, 0.717) is 5.76 Å². The lowest BCUT2D eigenvalue weighted by molar-refractivity contribution is -0.164. The van der Waals surface area contributed by atoms with Crippen LogP contribution in [0, 0.1) is 0 Å². The third-order valence-corrected chi connectivity index (χ3v) is 4.65. The molecule has 1 aromatic heterocycles. The number of ether oxygens (including phenoxy) is 2. The van der Waals surface area contributed by atoms with Crippen LogP contribution >= 0.6 is 11.6 Å². The quantitative estimate of drug-likeness (QED) is 0.413. The molecule has 0 aromatic carbocycles. The van der Waals surface area contributed by atoms with Crippen molar-refractivity contribution in [1.82, 2.24) is 5.32 Å². The number of nitrogens with one attached hydrogen (secondary N) is 1. The molecule has 0 saturated carbocycles. The molecule has 1 N–H and O–H groups in total. The average molecular weight is 402 g/mol. The molecule has 26 heavy (non-hydrogen) atoms. The predicted octanol–water partition coefficient (Wildman–Crippen LogP) is 1.31. The monoisotopic (exact) mass is 401 g/mol. The summed E-state index contributed by atoms with van der Waals surface area (Å²) in [4.78, 5) is 23.2. The molecule has 0 spiro atoms. The lowest BCUT2D eigenvalue weighted by Crippen LogP contribution is -2.42. The van der Waals surface area contributed by atoms with Crippen LogP contribution < -0.4 is 5.32 Å². The van der Waals surface area contributed by atoms with Crippen LogP contribution in [0.25, 0.3) is 0 Å². The van der Waals surface area contributed by atoms with Crippen LogP contribution in [0.4, 0.5) is 0 Å². The van der Waals surface area contributed by atoms with Gasteiger partial charge in [-0.3, -0.25) is 10.1 Å². The molecule has 1 atom stereocenters. The normalized spacial score (nSPS) is 16.5. The standard InChI is InChI=1S/C16H16ClNO7S/c1-2-13(19)24-9-25-16(20)11-5-6-12(17)15(26(21)22)14(11)18-8-10-4-3-7-23-10/h3-7,14,18H,2,8-9H2,1H3. The maximum atomic E-state index is 12.3. The zero-order chi connectivity index (χ0) is 19.1. The predicted molar refractivity (Wildman–Crippen MR) is 92.6 cm³/mol. The minimum absolute atomic E-state index is 0.00713. The number of furan rings is 1. The molecular weight excluding hydrogens is 386 g/mol. The SMILES string of the molecule is CCC(=O)OCOC(=O)C1=CC=C(Cl)C(=S(=O)=O)C1NCc1ccco1. The van der Waals surface area contributed by atoms with Gasteiger partial charge in [0.1, 0.15) is 10.6 Å². The number of carbonyl (C=O) groups is 2. The Bertz CT molecular complexity index is 860. The molecule has 0 saturated heterocycles. The summed E-state index contributed by atoms with van der Waals surface area (Å²) in [6.45, 7) is 1.18. The van der Waals surface area contributed by atoms with E-state index >= 15 is 0 Å². The van der Waals surface area contributed by atoms with Gasteiger partial charge in [0.05, 0.1) is 29.5 Å². The molecule has 0 bridgehead atoms. The molecule has 1 aliphatic rings. The molecule has 1 aromatic rings. The summed E-state index contributed by atoms with van der Waals surface area (Å²) >= 11 is 5.97. The number of allylic oxidation sites excluding steroid dienone is 2. The zero-order valence-electron chi connectivity index (χ0n) is 13.7. The van der Waals surface area contributed by atoms with E-state index < -0.39 is 35.1 Å². The first-order chi connectivity index (χ1) is 12.4. The largest absolute Gasteiger partial charge is 0.468 e. The van der Waals surface area contributed by atoms with Crippen LogP contribution in [0.5, 0.6) is 0 Å². The summed E-state index contributed by atoms with van der Waals surface area (Å²) < 4.78 is 37.9. The molecule has 0 fully saturated rings. The summed E-state index contributed by atoms with van der Waals surface area (Å²) in [5, 5.41) is 2.88. The number of rotatable bonds is 7. The van der Waals surface area contributed by atoms with E-state index in [0.717, 1.165) is 0 Å². The Morgan fingerprint density at radius 2 is 2.08 bits per heavy atom. The molecule has 140 valence electrons. The van der Waals surface area contributed by atoms with Gasteiger partial charge in [-0.1, -0.05) is 18.5 Å². The van der Waals surface area contributed by atoms with E-state index in [2.05, 4.69) is 10.1 Å². The second kappa shape index (κ2) is 9.37. The van der Waals surface area contributed by atoms with E-state index in [1.54, 1.807) is 19.1 Å². The number of halogens is 1. The minimum Gasteiger partial charge on any atom is -0.468 e. The van der Waals surface area contributed by atoms with Gasteiger partial charge in [-0.15, -0.1) is 0 Å². The number of hydrogen-bond acceptors (Lipinski definition) is 8. The molecule has 0 radical (unpaired) electrons. The Balaban J connectivity index is 2.18. The number of hydrogen-bond donors (Lipinski definition) is 1. The highest BCUT2D eigenvalue weighted by molar-refractivity contribution is 7.73. The highest BCUT2D eigenvalue weighted by Crippen LogP contribution is 2.21. The second-order valence-electron chi connectivity index (χ2n) is 5.05. The van der Waals surface area contributed by atoms with Crippen LogP contribution in [0.3, 0.4) is 0 Å². The fraction of sp³-hybridized carbons (Fsp3) is 0.312. The first-order valence-corrected chi connectivity index (χ1v) is 9.01. The lowest BCUT2D eigenvalue weighted by atomic mass is 9.98. The average Bonchev–Trinajstić information content (AvgIpc) is 3.12. The van der Waals surface area contributed by atoms with Gasteiger partial charge in [0.15, 0.2) is 0 Å². The van der Waals surface area contributed by atoms with Crippen LogP contribution in [0.1, 0.15) is 19.1 Å². The Labute approximate surface area is 155 Å². The van der Waals surface area contributed by atoms with Gasteiger partial charge in [-0.25, -0.2) is 4.79 Å². The summed E-state index contributed by atoms with van der Waals surface area (Å²) in [6.07, 6.45) is 4.24. The van der Waals surface area contributed by atoms with Crippen molar-refractivity contribution in [2.45, 2.75) is 25.9 Å². The van der Waals surface area contributed by atoms with Gasteiger partial charge in [0.25, 0.3) is 0 Å². The van der Waals surface area contributed by atoms with Crippen molar-refractivity contribution < 1.29 is 31.9 Å². The van der Waals surface area contributed by atoms with Crippen molar-refractivity contribution in [2.24, 2.45) is 0 Å². The summed E-state index contributed by atoms with van der Waals surface area (Å²) in [6, 6.07) is 2.33. The molecular formula is C16H16ClNO7S. The molecule has 0 aliphatic heterocycles. The fourth-order valence-corrected chi connectivity index (χ4v) is 3.13. The van der Waals surface area contributed by atoms with Gasteiger partial charge in [0.2, 0.25) is 17.1 Å². The van der Waals surface area contributed by atoms with Gasteiger partial charge in [-0.2, -0.15) is 8.42 Å². The Morgan fingerprint density at radius 3 is 2.69 bits per heavy atom. The number of esters is 2. The van der Waals surface area contributed by atoms with E-state index in [1.807, 2.05) is 0 Å². The van der Waals surface area contributed by atoms with E-state index in [4.69, 9.17) is 20.8 Å². The van der Waals surface area contributed by atoms with Gasteiger partial charge < -0.3 is 13.9 Å². The molecule has 0 amide bonds. The lowest BCUT2D eigenvalue weighted by Gasteiger charge is -2.23. The maximum Gasteiger partial charge on any atom is 0.338 e. The first-order valence-electron chi connectivity index (χ1n) is 7.56. The Morgan fingerprint density at radius 1 is 1.31 bits per heavy atom. The smallest absolute Gasteiger partial charge is 0.338 e. The van der Waals surface area contributed by atoms with E-state index in [-0.39, 0.29) is 28.4 Å². The van der Waals surface area contributed by atoms with Crippen LogP contribution in [-0.4, -0.2) is 38.1 Å². The van der Waals surface area contributed by atoms with Crippen molar-refractivity contribution in [3.63, 3.8) is 0 Å². The molecule has 8 nitrogen and oxygen atoms in total. The van der Waals surface area contributed by atoms with Crippen LogP contribution in [0.2, 0.25) is 0 Å². The second-order valence-corrected chi connectivity index (χ2v) is 6.36. The number of carbonyl (C=O) groups excluding carboxylic acids is 2. The molecule has 1 unspecified atom stereocenters. The van der Waals surface area contributed by atoms with Crippen molar-refractivity contribution in [2.75, 3.05) is 6.79 Å². The molecule has 10 heteroatoms. The van der Waals surface area contributed by atoms with E-state index in [9.17, 15) is 18.0 Å². The third-order valence-electron chi connectivity index (χ3n) is 3.39. The highest BCUT2D eigenvalue weighted by atomic mass is 35.5. The Hall–Kier alpha value is -2.36. The molecule has 2 rings (SSSR count). The van der Waals surface area contributed by atoms with E-state index in [1.165, 1.54) is 18.4 Å². The minimum atomic E-state index is -2.67. The fourth-order valence-electron chi connectivity index (χ4n) is 2.13. The van der Waals surface area contributed by atoms with Gasteiger partial charge >= 0.3 is 11.9 Å². The van der Waals surface area contributed by atoms with Crippen LogP contribution in [-0.2, 0) is 35.9 Å². The third kappa shape index (κ3) is 5.07. The summed E-state index contributed by atoms with van der Waals surface area (Å²) in [5.41, 5.74) is 0.00713. The van der Waals surface area contributed by atoms with Gasteiger partial charge in [0, 0.05) is 6.42 Å². The summed E-state index contributed by atoms with van der Waals surface area (Å²) in [7, 11) is -2.67. The topological polar surface area (TPSA) is 112 Å².